The van der Waals surface area contributed by atoms with Gasteiger partial charge in [0.15, 0.2) is 6.10 Å². The number of rotatable bonds is 3. The third-order valence-electron chi connectivity index (χ3n) is 3.86. The van der Waals surface area contributed by atoms with Gasteiger partial charge in [-0.1, -0.05) is 41.9 Å². The molecule has 0 aliphatic carbocycles. The summed E-state index contributed by atoms with van der Waals surface area (Å²) in [7, 11) is 0. The number of carbonyl (C=O) groups excluding carboxylic acids is 1. The van der Waals surface area contributed by atoms with E-state index in [-0.39, 0.29) is 5.91 Å². The molecule has 4 heteroatoms. The monoisotopic (exact) mass is 315 g/mol. The Kier molecular flexibility index (Phi) is 4.34. The Labute approximate surface area is 135 Å². The van der Waals surface area contributed by atoms with E-state index in [1.807, 2.05) is 35.2 Å². The number of halogens is 1. The van der Waals surface area contributed by atoms with E-state index in [2.05, 4.69) is 6.07 Å². The molecule has 1 amide bonds. The number of nitrogens with zero attached hydrogens (tertiary/aromatic N) is 1. The van der Waals surface area contributed by atoms with Gasteiger partial charge >= 0.3 is 0 Å². The fourth-order valence-electron chi connectivity index (χ4n) is 2.76. The molecule has 0 saturated heterocycles. The Morgan fingerprint density at radius 1 is 1.18 bits per heavy atom. The lowest BCUT2D eigenvalue weighted by Gasteiger charge is -2.31. The molecule has 22 heavy (non-hydrogen) atoms. The topological polar surface area (TPSA) is 29.5 Å². The number of hydrogen-bond acceptors (Lipinski definition) is 2. The highest BCUT2D eigenvalue weighted by atomic mass is 35.5. The van der Waals surface area contributed by atoms with E-state index in [1.54, 1.807) is 19.1 Å². The molecule has 3 nitrogen and oxygen atoms in total. The van der Waals surface area contributed by atoms with Crippen molar-refractivity contribution in [2.24, 2.45) is 0 Å². The fourth-order valence-corrected chi connectivity index (χ4v) is 2.94. The zero-order valence-corrected chi connectivity index (χ0v) is 13.2. The van der Waals surface area contributed by atoms with Gasteiger partial charge < -0.3 is 9.64 Å². The fraction of sp³-hybridized carbons (Fsp3) is 0.278. The minimum atomic E-state index is -0.578. The Bertz CT molecular complexity index is 686. The average Bonchev–Trinajstić information content (AvgIpc) is 2.55. The number of hydrogen-bond donors (Lipinski definition) is 0. The summed E-state index contributed by atoms with van der Waals surface area (Å²) in [5.41, 5.74) is 2.21. The van der Waals surface area contributed by atoms with Crippen molar-refractivity contribution in [3.8, 4) is 5.75 Å². The smallest absolute Gasteiger partial charge is 0.267 e. The van der Waals surface area contributed by atoms with Crippen LogP contribution in [-0.4, -0.2) is 18.6 Å². The minimum Gasteiger partial charge on any atom is -0.479 e. The normalized spacial score (nSPS) is 15.1. The predicted molar refractivity (Wildman–Crippen MR) is 88.7 cm³/mol. The lowest BCUT2D eigenvalue weighted by Crippen LogP contribution is -2.43. The first-order valence-corrected chi connectivity index (χ1v) is 7.85. The van der Waals surface area contributed by atoms with Crippen molar-refractivity contribution in [2.75, 3.05) is 11.4 Å². The standard InChI is InChI=1S/C18H18ClNO2/c1-13(22-17-11-5-3-9-15(17)19)18(21)20-12-6-8-14-7-2-4-10-16(14)20/h2-5,7,9-11,13H,6,8,12H2,1H3/t13-/m0/s1. The first-order valence-electron chi connectivity index (χ1n) is 7.47. The molecule has 0 radical (unpaired) electrons. The first-order chi connectivity index (χ1) is 10.7. The van der Waals surface area contributed by atoms with Crippen molar-refractivity contribution in [3.63, 3.8) is 0 Å². The molecule has 2 aromatic rings. The van der Waals surface area contributed by atoms with Crippen molar-refractivity contribution in [1.82, 2.24) is 0 Å². The summed E-state index contributed by atoms with van der Waals surface area (Å²) in [6.45, 7) is 2.49. The maximum Gasteiger partial charge on any atom is 0.267 e. The second kappa shape index (κ2) is 6.41. The predicted octanol–water partition coefficient (Wildman–Crippen LogP) is 4.09. The molecule has 114 valence electrons. The van der Waals surface area contributed by atoms with E-state index >= 15 is 0 Å². The third kappa shape index (κ3) is 2.95. The summed E-state index contributed by atoms with van der Waals surface area (Å²) < 4.78 is 5.75. The average molecular weight is 316 g/mol. The minimum absolute atomic E-state index is 0.0351. The highest BCUT2D eigenvalue weighted by molar-refractivity contribution is 6.32. The molecule has 3 rings (SSSR count). The van der Waals surface area contributed by atoms with Crippen LogP contribution in [0.4, 0.5) is 5.69 Å². The van der Waals surface area contributed by atoms with E-state index in [9.17, 15) is 4.79 Å². The first kappa shape index (κ1) is 14.9. The second-order valence-electron chi connectivity index (χ2n) is 5.41. The summed E-state index contributed by atoms with van der Waals surface area (Å²) in [6, 6.07) is 15.3. The SMILES string of the molecule is C[C@H](Oc1ccccc1Cl)C(=O)N1CCCc2ccccc21. The molecule has 2 aromatic carbocycles. The summed E-state index contributed by atoms with van der Waals surface area (Å²) in [5, 5.41) is 0.515. The van der Waals surface area contributed by atoms with Crippen molar-refractivity contribution in [3.05, 3.63) is 59.1 Å². The van der Waals surface area contributed by atoms with Crippen LogP contribution in [-0.2, 0) is 11.2 Å². The van der Waals surface area contributed by atoms with Crippen molar-refractivity contribution < 1.29 is 9.53 Å². The van der Waals surface area contributed by atoms with Gasteiger partial charge in [0.1, 0.15) is 5.75 Å². The Morgan fingerprint density at radius 2 is 1.91 bits per heavy atom. The molecule has 0 N–H and O–H groups in total. The van der Waals surface area contributed by atoms with Gasteiger partial charge in [0.2, 0.25) is 0 Å². The van der Waals surface area contributed by atoms with Crippen LogP contribution in [0.5, 0.6) is 5.75 Å². The number of fused-ring (bicyclic) bond motifs is 1. The number of ether oxygens (including phenoxy) is 1. The third-order valence-corrected chi connectivity index (χ3v) is 4.18. The van der Waals surface area contributed by atoms with E-state index in [4.69, 9.17) is 16.3 Å². The highest BCUT2D eigenvalue weighted by Gasteiger charge is 2.27. The molecular formula is C18H18ClNO2. The van der Waals surface area contributed by atoms with Crippen LogP contribution in [0.15, 0.2) is 48.5 Å². The van der Waals surface area contributed by atoms with E-state index in [1.165, 1.54) is 5.56 Å². The molecule has 0 saturated carbocycles. The molecule has 1 heterocycles. The molecule has 1 aliphatic rings. The Morgan fingerprint density at radius 3 is 2.73 bits per heavy atom. The molecule has 0 bridgehead atoms. The van der Waals surface area contributed by atoms with Gasteiger partial charge in [-0.05, 0) is 43.5 Å². The lowest BCUT2D eigenvalue weighted by atomic mass is 10.0. The molecule has 0 fully saturated rings. The van der Waals surface area contributed by atoms with Crippen LogP contribution in [0.1, 0.15) is 18.9 Å². The largest absolute Gasteiger partial charge is 0.479 e. The van der Waals surface area contributed by atoms with Crippen LogP contribution >= 0.6 is 11.6 Å². The van der Waals surface area contributed by atoms with Crippen molar-refractivity contribution in [2.45, 2.75) is 25.9 Å². The number of amides is 1. The van der Waals surface area contributed by atoms with Gasteiger partial charge in [-0.2, -0.15) is 0 Å². The number of benzene rings is 2. The van der Waals surface area contributed by atoms with Gasteiger partial charge in [0, 0.05) is 12.2 Å². The van der Waals surface area contributed by atoms with Gasteiger partial charge in [0.05, 0.1) is 5.02 Å². The summed E-state index contributed by atoms with van der Waals surface area (Å²) in [6.07, 6.45) is 1.41. The zero-order valence-electron chi connectivity index (χ0n) is 12.5. The summed E-state index contributed by atoms with van der Waals surface area (Å²) >= 11 is 6.09. The number of anilines is 1. The molecule has 1 atom stereocenters. The number of para-hydroxylation sites is 2. The second-order valence-corrected chi connectivity index (χ2v) is 5.82. The number of aryl methyl sites for hydroxylation is 1. The molecular weight excluding hydrogens is 298 g/mol. The number of carbonyl (C=O) groups is 1. The molecule has 1 aliphatic heterocycles. The van der Waals surface area contributed by atoms with E-state index in [0.717, 1.165) is 25.1 Å². The van der Waals surface area contributed by atoms with E-state index in [0.29, 0.717) is 10.8 Å². The van der Waals surface area contributed by atoms with Crippen LogP contribution in [0.25, 0.3) is 0 Å². The highest BCUT2D eigenvalue weighted by Crippen LogP contribution is 2.29. The van der Waals surface area contributed by atoms with E-state index < -0.39 is 6.10 Å². The van der Waals surface area contributed by atoms with Crippen LogP contribution < -0.4 is 9.64 Å². The van der Waals surface area contributed by atoms with Crippen molar-refractivity contribution in [1.29, 1.82) is 0 Å². The van der Waals surface area contributed by atoms with Crippen LogP contribution in [0.3, 0.4) is 0 Å². The Balaban J connectivity index is 1.78. The lowest BCUT2D eigenvalue weighted by molar-refractivity contribution is -0.124. The van der Waals surface area contributed by atoms with Gasteiger partial charge in [-0.25, -0.2) is 0 Å². The molecule has 0 unspecified atom stereocenters. The molecule has 0 aromatic heterocycles. The Hall–Kier alpha value is -2.00. The maximum atomic E-state index is 12.7. The summed E-state index contributed by atoms with van der Waals surface area (Å²) in [4.78, 5) is 14.6. The molecule has 0 spiro atoms. The van der Waals surface area contributed by atoms with Gasteiger partial charge in [-0.15, -0.1) is 0 Å². The van der Waals surface area contributed by atoms with Crippen LogP contribution in [0, 0.1) is 0 Å². The zero-order chi connectivity index (χ0) is 15.5. The van der Waals surface area contributed by atoms with Crippen molar-refractivity contribution >= 4 is 23.2 Å². The van der Waals surface area contributed by atoms with Gasteiger partial charge in [0.25, 0.3) is 5.91 Å². The summed E-state index contributed by atoms with van der Waals surface area (Å²) in [5.74, 6) is 0.502. The quantitative estimate of drug-likeness (QED) is 0.854. The maximum absolute atomic E-state index is 12.7. The van der Waals surface area contributed by atoms with Crippen LogP contribution in [0.2, 0.25) is 5.02 Å². The van der Waals surface area contributed by atoms with Gasteiger partial charge in [-0.3, -0.25) is 4.79 Å².